The lowest BCUT2D eigenvalue weighted by molar-refractivity contribution is 0.0682. The molecule has 0 unspecified atom stereocenters. The number of benzene rings is 3. The van der Waals surface area contributed by atoms with E-state index in [4.69, 9.17) is 9.05 Å². The van der Waals surface area contributed by atoms with E-state index < -0.39 is 11.9 Å². The Bertz CT molecular complexity index is 1350. The third-order valence-corrected chi connectivity index (χ3v) is 4.89. The zero-order valence-electron chi connectivity index (χ0n) is 15.2. The Labute approximate surface area is 167 Å². The van der Waals surface area contributed by atoms with Crippen molar-refractivity contribution in [3.63, 3.8) is 0 Å². The Kier molecular flexibility index (Phi) is 3.85. The van der Waals surface area contributed by atoms with Crippen LogP contribution in [0.1, 0.15) is 20.7 Å². The van der Waals surface area contributed by atoms with Crippen LogP contribution in [0.15, 0.2) is 69.7 Å². The van der Waals surface area contributed by atoms with E-state index in [1.807, 2.05) is 0 Å². The summed E-state index contributed by atoms with van der Waals surface area (Å²) >= 11 is 0. The van der Waals surface area contributed by atoms with Crippen molar-refractivity contribution in [3.8, 4) is 22.5 Å². The molecule has 8 heteroatoms. The zero-order valence-corrected chi connectivity index (χ0v) is 15.2. The number of aromatic nitrogens is 2. The van der Waals surface area contributed by atoms with Gasteiger partial charge in [0, 0.05) is 21.9 Å². The van der Waals surface area contributed by atoms with Gasteiger partial charge in [-0.2, -0.15) is 0 Å². The van der Waals surface area contributed by atoms with Crippen molar-refractivity contribution in [2.75, 3.05) is 0 Å². The van der Waals surface area contributed by atoms with E-state index in [0.29, 0.717) is 21.9 Å². The van der Waals surface area contributed by atoms with Crippen LogP contribution in [0.3, 0.4) is 0 Å². The van der Waals surface area contributed by atoms with E-state index in [2.05, 4.69) is 10.3 Å². The Morgan fingerprint density at radius 3 is 1.43 bits per heavy atom. The number of rotatable bonds is 4. The minimum Gasteiger partial charge on any atom is -0.478 e. The summed E-state index contributed by atoms with van der Waals surface area (Å²) in [5, 5.41) is 28.9. The third-order valence-electron chi connectivity index (χ3n) is 4.89. The molecule has 0 aliphatic rings. The first-order valence-electron chi connectivity index (χ1n) is 8.89. The highest BCUT2D eigenvalue weighted by Crippen LogP contribution is 2.42. The van der Waals surface area contributed by atoms with Gasteiger partial charge in [0.05, 0.1) is 11.1 Å². The summed E-state index contributed by atoms with van der Waals surface area (Å²) < 4.78 is 10.7. The van der Waals surface area contributed by atoms with Crippen LogP contribution in [0, 0.1) is 0 Å². The van der Waals surface area contributed by atoms with Crippen LogP contribution in [0.5, 0.6) is 0 Å². The van der Waals surface area contributed by atoms with Crippen molar-refractivity contribution < 1.29 is 28.8 Å². The molecule has 2 aromatic heterocycles. The van der Waals surface area contributed by atoms with Crippen LogP contribution in [0.4, 0.5) is 0 Å². The lowest BCUT2D eigenvalue weighted by atomic mass is 9.89. The van der Waals surface area contributed by atoms with Crippen LogP contribution < -0.4 is 0 Å². The van der Waals surface area contributed by atoms with Crippen molar-refractivity contribution in [1.29, 1.82) is 0 Å². The number of para-hydroxylation sites is 2. The number of carbonyl (C=O) groups is 2. The molecular weight excluding hydrogens is 388 g/mol. The lowest BCUT2D eigenvalue weighted by Crippen LogP contribution is -2.08. The average molecular weight is 400 g/mol. The SMILES string of the molecule is O=C(O)c1ccc(C(=O)O)c(-c2noc3ccccc23)c1-c1noc2ccccc12. The standard InChI is InChI=1S/C22H12N2O6/c25-21(26)13-9-10-14(22(27)28)18(20-12-6-2-4-8-16(12)30-24-20)17(13)19-11-5-1-3-7-15(11)29-23-19/h1-10H,(H,25,26)(H,27,28). The van der Waals surface area contributed by atoms with Crippen LogP contribution in [-0.4, -0.2) is 32.5 Å². The summed E-state index contributed by atoms with van der Waals surface area (Å²) in [5.74, 6) is -2.47. The topological polar surface area (TPSA) is 127 Å². The molecule has 0 aliphatic carbocycles. The lowest BCUT2D eigenvalue weighted by Gasteiger charge is -2.12. The van der Waals surface area contributed by atoms with Gasteiger partial charge in [0.25, 0.3) is 0 Å². The zero-order chi connectivity index (χ0) is 20.8. The Morgan fingerprint density at radius 2 is 1.03 bits per heavy atom. The van der Waals surface area contributed by atoms with Crippen molar-refractivity contribution in [2.24, 2.45) is 0 Å². The van der Waals surface area contributed by atoms with Gasteiger partial charge >= 0.3 is 11.9 Å². The number of fused-ring (bicyclic) bond motifs is 2. The van der Waals surface area contributed by atoms with Gasteiger partial charge in [-0.05, 0) is 36.4 Å². The summed E-state index contributed by atoms with van der Waals surface area (Å²) in [6, 6.07) is 16.4. The number of aromatic carboxylic acids is 2. The smallest absolute Gasteiger partial charge is 0.336 e. The van der Waals surface area contributed by atoms with Gasteiger partial charge < -0.3 is 19.3 Å². The number of carboxylic acid groups (broad SMARTS) is 2. The first-order chi connectivity index (χ1) is 14.6. The minimum absolute atomic E-state index is 0.103. The maximum atomic E-state index is 12.1. The van der Waals surface area contributed by atoms with E-state index in [1.54, 1.807) is 48.5 Å². The fourth-order valence-electron chi connectivity index (χ4n) is 3.58. The fraction of sp³-hybridized carbons (Fsp3) is 0. The molecule has 0 fully saturated rings. The van der Waals surface area contributed by atoms with Crippen LogP contribution in [0.25, 0.3) is 44.5 Å². The molecule has 0 bridgehead atoms. The summed E-state index contributed by atoms with van der Waals surface area (Å²) in [5.41, 5.74) is 1.28. The number of hydrogen-bond acceptors (Lipinski definition) is 6. The summed E-state index contributed by atoms with van der Waals surface area (Å²) in [7, 11) is 0. The molecule has 146 valence electrons. The van der Waals surface area contributed by atoms with Gasteiger partial charge in [0.15, 0.2) is 11.2 Å². The third kappa shape index (κ3) is 2.55. The second-order valence-electron chi connectivity index (χ2n) is 6.58. The van der Waals surface area contributed by atoms with Gasteiger partial charge in [0.2, 0.25) is 0 Å². The average Bonchev–Trinajstić information content (AvgIpc) is 3.36. The monoisotopic (exact) mass is 400 g/mol. The molecule has 0 saturated carbocycles. The summed E-state index contributed by atoms with van der Waals surface area (Å²) in [6.07, 6.45) is 0. The van der Waals surface area contributed by atoms with E-state index in [0.717, 1.165) is 0 Å². The maximum Gasteiger partial charge on any atom is 0.336 e. The molecule has 8 nitrogen and oxygen atoms in total. The Balaban J connectivity index is 1.97. The summed E-state index contributed by atoms with van der Waals surface area (Å²) in [4.78, 5) is 24.1. The molecule has 0 aliphatic heterocycles. The normalized spacial score (nSPS) is 11.2. The largest absolute Gasteiger partial charge is 0.478 e. The molecule has 0 saturated heterocycles. The minimum atomic E-state index is -1.23. The predicted octanol–water partition coefficient (Wildman–Crippen LogP) is 4.70. The Morgan fingerprint density at radius 1 is 0.633 bits per heavy atom. The molecule has 0 atom stereocenters. The van der Waals surface area contributed by atoms with Gasteiger partial charge in [-0.15, -0.1) is 0 Å². The number of nitrogens with zero attached hydrogens (tertiary/aromatic N) is 2. The molecule has 2 heterocycles. The summed E-state index contributed by atoms with van der Waals surface area (Å²) in [6.45, 7) is 0. The molecule has 5 aromatic rings. The van der Waals surface area contributed by atoms with Crippen LogP contribution in [-0.2, 0) is 0 Å². The highest BCUT2D eigenvalue weighted by Gasteiger charge is 2.29. The highest BCUT2D eigenvalue weighted by molar-refractivity contribution is 6.12. The fourth-order valence-corrected chi connectivity index (χ4v) is 3.58. The second-order valence-corrected chi connectivity index (χ2v) is 6.58. The van der Waals surface area contributed by atoms with Gasteiger partial charge in [-0.25, -0.2) is 9.59 Å². The first-order valence-corrected chi connectivity index (χ1v) is 8.89. The van der Waals surface area contributed by atoms with Gasteiger partial charge in [0.1, 0.15) is 11.4 Å². The second kappa shape index (κ2) is 6.56. The maximum absolute atomic E-state index is 12.1. The van der Waals surface area contributed by atoms with Crippen molar-refractivity contribution in [3.05, 3.63) is 71.8 Å². The predicted molar refractivity (Wildman–Crippen MR) is 106 cm³/mol. The van der Waals surface area contributed by atoms with E-state index in [-0.39, 0.29) is 33.6 Å². The highest BCUT2D eigenvalue weighted by atomic mass is 16.5. The number of hydrogen-bond donors (Lipinski definition) is 2. The quantitative estimate of drug-likeness (QED) is 0.444. The van der Waals surface area contributed by atoms with Crippen LogP contribution in [0.2, 0.25) is 0 Å². The van der Waals surface area contributed by atoms with Gasteiger partial charge in [-0.1, -0.05) is 34.6 Å². The van der Waals surface area contributed by atoms with Crippen molar-refractivity contribution >= 4 is 33.9 Å². The first kappa shape index (κ1) is 17.6. The molecule has 3 aromatic carbocycles. The van der Waals surface area contributed by atoms with Crippen LogP contribution >= 0.6 is 0 Å². The number of carboxylic acids is 2. The van der Waals surface area contributed by atoms with E-state index >= 15 is 0 Å². The molecule has 0 spiro atoms. The molecular formula is C22H12N2O6. The van der Waals surface area contributed by atoms with Crippen molar-refractivity contribution in [2.45, 2.75) is 0 Å². The van der Waals surface area contributed by atoms with Crippen molar-refractivity contribution in [1.82, 2.24) is 10.3 Å². The molecule has 0 amide bonds. The molecule has 5 rings (SSSR count). The van der Waals surface area contributed by atoms with E-state index in [9.17, 15) is 19.8 Å². The molecule has 2 N–H and O–H groups in total. The Hall–Kier alpha value is -4.46. The van der Waals surface area contributed by atoms with Gasteiger partial charge in [-0.3, -0.25) is 0 Å². The van der Waals surface area contributed by atoms with E-state index in [1.165, 1.54) is 12.1 Å². The molecule has 0 radical (unpaired) electrons. The molecule has 30 heavy (non-hydrogen) atoms.